The van der Waals surface area contributed by atoms with E-state index in [1.165, 1.54) is 9.58 Å². The fourth-order valence-electron chi connectivity index (χ4n) is 4.86. The largest absolute Gasteiger partial charge is 0.858 e. The Balaban J connectivity index is 1.70. The molecule has 0 spiro atoms. The maximum absolute atomic E-state index is 13.8. The van der Waals surface area contributed by atoms with Gasteiger partial charge in [-0.1, -0.05) is 37.5 Å². The quantitative estimate of drug-likeness (QED) is 0.460. The van der Waals surface area contributed by atoms with Gasteiger partial charge in [-0.25, -0.2) is 4.68 Å². The zero-order valence-electron chi connectivity index (χ0n) is 18.8. The number of hydrogen-bond donors (Lipinski definition) is 0. The van der Waals surface area contributed by atoms with E-state index in [2.05, 4.69) is 5.10 Å². The second-order valence-electron chi connectivity index (χ2n) is 8.79. The molecule has 1 aliphatic heterocycles. The Morgan fingerprint density at radius 3 is 2.27 bits per heavy atom. The van der Waals surface area contributed by atoms with Gasteiger partial charge in [0.2, 0.25) is 0 Å². The van der Waals surface area contributed by atoms with Crippen molar-refractivity contribution in [1.82, 2.24) is 14.7 Å². The summed E-state index contributed by atoms with van der Waals surface area (Å²) in [4.78, 5) is 28.8. The van der Waals surface area contributed by atoms with Crippen molar-refractivity contribution in [2.75, 3.05) is 0 Å². The highest BCUT2D eigenvalue weighted by Crippen LogP contribution is 2.39. The first-order valence-electron chi connectivity index (χ1n) is 11.4. The molecule has 7 heteroatoms. The summed E-state index contributed by atoms with van der Waals surface area (Å²) < 4.78 is 2.96. The van der Waals surface area contributed by atoms with Gasteiger partial charge in [0, 0.05) is 23.7 Å². The maximum atomic E-state index is 13.8. The van der Waals surface area contributed by atoms with Crippen LogP contribution in [0.4, 0.5) is 0 Å². The molecule has 0 unspecified atom stereocenters. The Morgan fingerprint density at radius 1 is 0.939 bits per heavy atom. The average Bonchev–Trinajstić information content (AvgIpc) is 3.26. The molecular formula is C26H26N4O3. The first-order valence-corrected chi connectivity index (χ1v) is 11.4. The monoisotopic (exact) mass is 442 g/mol. The molecule has 7 nitrogen and oxygen atoms in total. The van der Waals surface area contributed by atoms with Crippen LogP contribution < -0.4 is 9.67 Å². The summed E-state index contributed by atoms with van der Waals surface area (Å²) in [6.07, 6.45) is 8.21. The molecule has 2 aromatic heterocycles. The van der Waals surface area contributed by atoms with Gasteiger partial charge in [0.15, 0.2) is 12.4 Å². The summed E-state index contributed by atoms with van der Waals surface area (Å²) in [5.41, 5.74) is 2.63. The molecule has 1 aliphatic carbocycles. The number of carbonyl (C=O) groups is 2. The molecule has 0 N–H and O–H groups in total. The van der Waals surface area contributed by atoms with E-state index in [1.54, 1.807) is 36.0 Å². The molecule has 1 aromatic carbocycles. The van der Waals surface area contributed by atoms with Gasteiger partial charge in [0.25, 0.3) is 11.6 Å². The lowest BCUT2D eigenvalue weighted by atomic mass is 9.94. The van der Waals surface area contributed by atoms with Gasteiger partial charge in [-0.05, 0) is 50.3 Å². The second-order valence-corrected chi connectivity index (χ2v) is 8.79. The maximum Gasteiger partial charge on any atom is 0.327 e. The van der Waals surface area contributed by atoms with Gasteiger partial charge in [0.1, 0.15) is 5.57 Å². The number of para-hydroxylation sites is 1. The fraction of sp³-hybridized carbons (Fsp3) is 0.308. The van der Waals surface area contributed by atoms with Crippen LogP contribution in [0.5, 0.6) is 5.88 Å². The first kappa shape index (κ1) is 21.1. The van der Waals surface area contributed by atoms with Crippen LogP contribution in [0.25, 0.3) is 17.0 Å². The Bertz CT molecular complexity index is 1250. The molecule has 168 valence electrons. The van der Waals surface area contributed by atoms with Gasteiger partial charge in [-0.3, -0.25) is 14.5 Å². The number of carbonyl (C=O) groups excluding carboxylic acids is 2. The van der Waals surface area contributed by atoms with Crippen LogP contribution in [0.1, 0.15) is 48.9 Å². The third-order valence-electron chi connectivity index (χ3n) is 6.55. The smallest absolute Gasteiger partial charge is 0.327 e. The molecule has 5 rings (SSSR count). The van der Waals surface area contributed by atoms with Crippen LogP contribution in [0.3, 0.4) is 0 Å². The highest BCUT2D eigenvalue weighted by molar-refractivity contribution is 6.45. The van der Waals surface area contributed by atoms with Crippen molar-refractivity contribution >= 4 is 23.1 Å². The number of nitrogens with zero attached hydrogens (tertiary/aromatic N) is 4. The van der Waals surface area contributed by atoms with Gasteiger partial charge >= 0.3 is 5.91 Å². The van der Waals surface area contributed by atoms with Crippen molar-refractivity contribution in [2.45, 2.75) is 52.0 Å². The summed E-state index contributed by atoms with van der Waals surface area (Å²) in [6.45, 7) is 3.67. The van der Waals surface area contributed by atoms with Gasteiger partial charge in [-0.2, -0.15) is 9.67 Å². The Morgan fingerprint density at radius 2 is 1.61 bits per heavy atom. The molecule has 3 aromatic rings. The molecule has 0 bridgehead atoms. The Hall–Kier alpha value is -3.74. The molecule has 33 heavy (non-hydrogen) atoms. The van der Waals surface area contributed by atoms with E-state index >= 15 is 0 Å². The summed E-state index contributed by atoms with van der Waals surface area (Å²) in [7, 11) is 0. The topological polar surface area (TPSA) is 82.1 Å². The number of rotatable bonds is 4. The Labute approximate surface area is 192 Å². The number of hydrogen-bond acceptors (Lipinski definition) is 4. The van der Waals surface area contributed by atoms with Crippen LogP contribution >= 0.6 is 0 Å². The lowest BCUT2D eigenvalue weighted by molar-refractivity contribution is -0.577. The van der Waals surface area contributed by atoms with Crippen LogP contribution in [0.2, 0.25) is 0 Å². The van der Waals surface area contributed by atoms with Crippen molar-refractivity contribution in [2.24, 2.45) is 0 Å². The highest BCUT2D eigenvalue weighted by Gasteiger charge is 2.49. The summed E-state index contributed by atoms with van der Waals surface area (Å²) in [5, 5.41) is 18.0. The Kier molecular flexibility index (Phi) is 5.32. The van der Waals surface area contributed by atoms with Crippen molar-refractivity contribution in [3.63, 3.8) is 0 Å². The van der Waals surface area contributed by atoms with Crippen molar-refractivity contribution < 1.29 is 19.3 Å². The lowest BCUT2D eigenvalue weighted by Crippen LogP contribution is -2.45. The minimum atomic E-state index is -0.400. The molecule has 2 amide bonds. The third kappa shape index (κ3) is 3.53. The normalized spacial score (nSPS) is 17.3. The number of pyridine rings is 1. The molecule has 3 heterocycles. The predicted octanol–water partition coefficient (Wildman–Crippen LogP) is 2.92. The molecule has 0 saturated heterocycles. The van der Waals surface area contributed by atoms with E-state index in [4.69, 9.17) is 0 Å². The summed E-state index contributed by atoms with van der Waals surface area (Å²) in [6, 6.07) is 12.7. The van der Waals surface area contributed by atoms with Gasteiger partial charge in [0.05, 0.1) is 11.4 Å². The molecule has 1 fully saturated rings. The zero-order valence-corrected chi connectivity index (χ0v) is 18.8. The number of imide groups is 1. The van der Waals surface area contributed by atoms with Crippen LogP contribution in [-0.2, 0) is 9.59 Å². The summed E-state index contributed by atoms with van der Waals surface area (Å²) >= 11 is 0. The van der Waals surface area contributed by atoms with Crippen LogP contribution in [0, 0.1) is 13.8 Å². The number of aryl methyl sites for hydroxylation is 2. The van der Waals surface area contributed by atoms with E-state index in [1.807, 2.05) is 37.3 Å². The first-order chi connectivity index (χ1) is 16.0. The molecular weight excluding hydrogens is 416 g/mol. The van der Waals surface area contributed by atoms with E-state index in [0.717, 1.165) is 37.7 Å². The number of aromatic nitrogens is 3. The SMILES string of the molecule is Cc1cc[n+](C2=C(c3c(C)nn(-c4ccccc4)c3[O-])C(=O)N(C3CCCCC3)C2=O)cc1. The van der Waals surface area contributed by atoms with E-state index in [-0.39, 0.29) is 28.8 Å². The van der Waals surface area contributed by atoms with Crippen molar-refractivity contribution in [1.29, 1.82) is 0 Å². The van der Waals surface area contributed by atoms with E-state index in [0.29, 0.717) is 11.4 Å². The minimum Gasteiger partial charge on any atom is -0.858 e. The second kappa shape index (κ2) is 8.31. The predicted molar refractivity (Wildman–Crippen MR) is 121 cm³/mol. The van der Waals surface area contributed by atoms with Gasteiger partial charge in [-0.15, -0.1) is 0 Å². The van der Waals surface area contributed by atoms with Gasteiger partial charge < -0.3 is 5.11 Å². The number of amides is 2. The number of benzene rings is 1. The molecule has 0 atom stereocenters. The zero-order chi connectivity index (χ0) is 23.1. The van der Waals surface area contributed by atoms with E-state index in [9.17, 15) is 14.7 Å². The minimum absolute atomic E-state index is 0.142. The molecule has 2 aliphatic rings. The third-order valence-corrected chi connectivity index (χ3v) is 6.55. The fourth-order valence-corrected chi connectivity index (χ4v) is 4.86. The summed E-state index contributed by atoms with van der Waals surface area (Å²) in [5.74, 6) is -1.14. The average molecular weight is 443 g/mol. The van der Waals surface area contributed by atoms with Crippen LogP contribution in [0.15, 0.2) is 54.9 Å². The standard InChI is InChI=1S/C26H26N4O3/c1-17-13-15-28(16-14-17)23-22(24(31)29(26(23)33)19-9-5-3-6-10-19)21-18(2)27-30(25(21)32)20-11-7-4-8-12-20/h4,7-8,11-16,19H,3,5-6,9-10H2,1-2H3. The van der Waals surface area contributed by atoms with Crippen molar-refractivity contribution in [3.8, 4) is 11.6 Å². The lowest BCUT2D eigenvalue weighted by Gasteiger charge is -2.29. The van der Waals surface area contributed by atoms with Crippen molar-refractivity contribution in [3.05, 3.63) is 71.7 Å². The molecule has 0 radical (unpaired) electrons. The highest BCUT2D eigenvalue weighted by atomic mass is 16.3. The van der Waals surface area contributed by atoms with E-state index < -0.39 is 11.8 Å². The molecule has 1 saturated carbocycles. The van der Waals surface area contributed by atoms with Crippen LogP contribution in [-0.4, -0.2) is 32.5 Å².